The molecule has 0 spiro atoms. The van der Waals surface area contributed by atoms with E-state index >= 15 is 0 Å². The molecule has 0 radical (unpaired) electrons. The Labute approximate surface area is 101 Å². The molecule has 17 heavy (non-hydrogen) atoms. The van der Waals surface area contributed by atoms with Crippen molar-refractivity contribution in [1.29, 1.82) is 0 Å². The van der Waals surface area contributed by atoms with Gasteiger partial charge in [-0.2, -0.15) is 0 Å². The first-order valence-electron chi connectivity index (χ1n) is 6.11. The van der Waals surface area contributed by atoms with Crippen LogP contribution in [0.5, 0.6) is 0 Å². The first kappa shape index (κ1) is 12.1. The van der Waals surface area contributed by atoms with Crippen molar-refractivity contribution in [2.24, 2.45) is 11.7 Å². The zero-order valence-electron chi connectivity index (χ0n) is 10.1. The molecule has 1 aliphatic rings. The molecular weight excluding hydrogens is 218 g/mol. The molecule has 1 amide bonds. The average molecular weight is 237 g/mol. The summed E-state index contributed by atoms with van der Waals surface area (Å²) in [5, 5.41) is 3.69. The summed E-state index contributed by atoms with van der Waals surface area (Å²) in [5.74, 6) is 0.328. The van der Waals surface area contributed by atoms with Crippen LogP contribution in [0.2, 0.25) is 0 Å². The van der Waals surface area contributed by atoms with E-state index in [1.807, 2.05) is 7.05 Å². The van der Waals surface area contributed by atoms with Gasteiger partial charge in [-0.15, -0.1) is 0 Å². The molecule has 5 nitrogen and oxygen atoms in total. The van der Waals surface area contributed by atoms with Crippen LogP contribution in [0.25, 0.3) is 0 Å². The van der Waals surface area contributed by atoms with Crippen molar-refractivity contribution in [3.63, 3.8) is 0 Å². The second kappa shape index (κ2) is 5.31. The molecule has 1 aliphatic carbocycles. The standard InChI is InChI=1S/C12H19N3O2/c1-15(12(16)10-6-7-17-14-10)11-5-3-2-4-9(11)8-13/h6-7,9,11H,2-5,8,13H2,1H3. The van der Waals surface area contributed by atoms with Gasteiger partial charge in [0.15, 0.2) is 5.69 Å². The highest BCUT2D eigenvalue weighted by molar-refractivity contribution is 5.92. The fourth-order valence-electron chi connectivity index (χ4n) is 2.63. The average Bonchev–Trinajstić information content (AvgIpc) is 2.90. The number of rotatable bonds is 3. The zero-order valence-corrected chi connectivity index (χ0v) is 10.1. The van der Waals surface area contributed by atoms with Crippen molar-refractivity contribution < 1.29 is 9.32 Å². The largest absolute Gasteiger partial charge is 0.364 e. The summed E-state index contributed by atoms with van der Waals surface area (Å²) in [7, 11) is 1.83. The normalized spacial score (nSPS) is 24.6. The van der Waals surface area contributed by atoms with Crippen molar-refractivity contribution >= 4 is 5.91 Å². The van der Waals surface area contributed by atoms with Gasteiger partial charge >= 0.3 is 0 Å². The van der Waals surface area contributed by atoms with E-state index in [0.29, 0.717) is 18.2 Å². The predicted octanol–water partition coefficient (Wildman–Crippen LogP) is 1.26. The summed E-state index contributed by atoms with van der Waals surface area (Å²) in [6, 6.07) is 1.83. The van der Waals surface area contributed by atoms with Crippen molar-refractivity contribution in [3.8, 4) is 0 Å². The van der Waals surface area contributed by atoms with Crippen LogP contribution in [0, 0.1) is 5.92 Å². The Morgan fingerprint density at radius 1 is 1.59 bits per heavy atom. The summed E-state index contributed by atoms with van der Waals surface area (Å²) in [6.07, 6.45) is 5.93. The summed E-state index contributed by atoms with van der Waals surface area (Å²) in [4.78, 5) is 13.9. The highest BCUT2D eigenvalue weighted by atomic mass is 16.5. The van der Waals surface area contributed by atoms with Gasteiger partial charge in [-0.1, -0.05) is 18.0 Å². The maximum Gasteiger partial charge on any atom is 0.276 e. The summed E-state index contributed by atoms with van der Waals surface area (Å²) in [5.41, 5.74) is 6.15. The number of hydrogen-bond acceptors (Lipinski definition) is 4. The molecule has 0 saturated heterocycles. The molecule has 2 unspecified atom stereocenters. The number of nitrogens with two attached hydrogens (primary N) is 1. The van der Waals surface area contributed by atoms with E-state index in [0.717, 1.165) is 19.3 Å². The third kappa shape index (κ3) is 2.49. The molecule has 0 bridgehead atoms. The quantitative estimate of drug-likeness (QED) is 0.859. The van der Waals surface area contributed by atoms with Gasteiger partial charge in [-0.3, -0.25) is 4.79 Å². The first-order chi connectivity index (χ1) is 8.24. The van der Waals surface area contributed by atoms with Crippen molar-refractivity contribution in [1.82, 2.24) is 10.1 Å². The van der Waals surface area contributed by atoms with Gasteiger partial charge in [0, 0.05) is 19.2 Å². The number of carbonyl (C=O) groups excluding carboxylic acids is 1. The van der Waals surface area contributed by atoms with E-state index in [2.05, 4.69) is 5.16 Å². The Morgan fingerprint density at radius 2 is 2.35 bits per heavy atom. The monoisotopic (exact) mass is 237 g/mol. The van der Waals surface area contributed by atoms with Crippen LogP contribution in [-0.4, -0.2) is 35.6 Å². The van der Waals surface area contributed by atoms with Gasteiger partial charge in [0.05, 0.1) is 0 Å². The molecule has 2 atom stereocenters. The smallest absolute Gasteiger partial charge is 0.276 e. The van der Waals surface area contributed by atoms with Crippen LogP contribution in [0.1, 0.15) is 36.2 Å². The van der Waals surface area contributed by atoms with Crippen LogP contribution < -0.4 is 5.73 Å². The zero-order chi connectivity index (χ0) is 12.3. The fraction of sp³-hybridized carbons (Fsp3) is 0.667. The Hall–Kier alpha value is -1.36. The lowest BCUT2D eigenvalue weighted by Gasteiger charge is -2.37. The van der Waals surface area contributed by atoms with E-state index in [1.54, 1.807) is 11.0 Å². The lowest BCUT2D eigenvalue weighted by Crippen LogP contribution is -2.46. The maximum absolute atomic E-state index is 12.1. The Morgan fingerprint density at radius 3 is 3.00 bits per heavy atom. The van der Waals surface area contributed by atoms with Crippen LogP contribution >= 0.6 is 0 Å². The van der Waals surface area contributed by atoms with E-state index < -0.39 is 0 Å². The minimum Gasteiger partial charge on any atom is -0.364 e. The molecule has 2 rings (SSSR count). The van der Waals surface area contributed by atoms with Crippen LogP contribution in [-0.2, 0) is 0 Å². The molecule has 1 aromatic rings. The molecule has 0 aromatic carbocycles. The van der Waals surface area contributed by atoms with E-state index in [4.69, 9.17) is 10.3 Å². The number of hydrogen-bond donors (Lipinski definition) is 1. The molecular formula is C12H19N3O2. The summed E-state index contributed by atoms with van der Waals surface area (Å²) < 4.78 is 4.70. The Bertz CT molecular complexity index is 364. The van der Waals surface area contributed by atoms with Crippen LogP contribution in [0.15, 0.2) is 16.9 Å². The number of aromatic nitrogens is 1. The van der Waals surface area contributed by atoms with E-state index in [1.165, 1.54) is 12.7 Å². The third-order valence-corrected chi connectivity index (χ3v) is 3.65. The van der Waals surface area contributed by atoms with Crippen LogP contribution in [0.3, 0.4) is 0 Å². The van der Waals surface area contributed by atoms with Gasteiger partial charge in [-0.25, -0.2) is 0 Å². The SMILES string of the molecule is CN(C(=O)c1ccon1)C1CCCCC1CN. The topological polar surface area (TPSA) is 72.4 Å². The molecule has 0 aliphatic heterocycles. The molecule has 94 valence electrons. The number of amides is 1. The second-order valence-corrected chi connectivity index (χ2v) is 4.65. The molecule has 1 aromatic heterocycles. The maximum atomic E-state index is 12.1. The number of nitrogens with zero attached hydrogens (tertiary/aromatic N) is 2. The lowest BCUT2D eigenvalue weighted by molar-refractivity contribution is 0.0610. The van der Waals surface area contributed by atoms with Gasteiger partial charge in [0.25, 0.3) is 5.91 Å². The predicted molar refractivity (Wildman–Crippen MR) is 63.4 cm³/mol. The van der Waals surface area contributed by atoms with E-state index in [9.17, 15) is 4.79 Å². The first-order valence-corrected chi connectivity index (χ1v) is 6.11. The summed E-state index contributed by atoms with van der Waals surface area (Å²) in [6.45, 7) is 0.640. The molecule has 1 saturated carbocycles. The van der Waals surface area contributed by atoms with Gasteiger partial charge in [-0.05, 0) is 25.3 Å². The highest BCUT2D eigenvalue weighted by Gasteiger charge is 2.30. The van der Waals surface area contributed by atoms with Gasteiger partial charge in [0.2, 0.25) is 0 Å². The van der Waals surface area contributed by atoms with Gasteiger partial charge < -0.3 is 15.2 Å². The van der Waals surface area contributed by atoms with E-state index in [-0.39, 0.29) is 11.9 Å². The highest BCUT2D eigenvalue weighted by Crippen LogP contribution is 2.27. The Balaban J connectivity index is 2.07. The fourth-order valence-corrected chi connectivity index (χ4v) is 2.63. The minimum atomic E-state index is -0.0795. The van der Waals surface area contributed by atoms with Crippen molar-refractivity contribution in [2.45, 2.75) is 31.7 Å². The molecule has 5 heteroatoms. The minimum absolute atomic E-state index is 0.0795. The molecule has 1 heterocycles. The molecule has 1 fully saturated rings. The lowest BCUT2D eigenvalue weighted by atomic mass is 9.83. The van der Waals surface area contributed by atoms with Gasteiger partial charge in [0.1, 0.15) is 6.26 Å². The Kier molecular flexibility index (Phi) is 3.78. The third-order valence-electron chi connectivity index (χ3n) is 3.65. The van der Waals surface area contributed by atoms with Crippen LogP contribution in [0.4, 0.5) is 0 Å². The van der Waals surface area contributed by atoms with Crippen molar-refractivity contribution in [3.05, 3.63) is 18.0 Å². The van der Waals surface area contributed by atoms with Crippen molar-refractivity contribution in [2.75, 3.05) is 13.6 Å². The summed E-state index contributed by atoms with van der Waals surface area (Å²) >= 11 is 0. The second-order valence-electron chi connectivity index (χ2n) is 4.65. The number of carbonyl (C=O) groups is 1. The molecule has 2 N–H and O–H groups in total.